The molecule has 3 atom stereocenters. The van der Waals surface area contributed by atoms with E-state index in [9.17, 15) is 0 Å². The van der Waals surface area contributed by atoms with E-state index in [4.69, 9.17) is 14.2 Å². The average Bonchev–Trinajstić information content (AvgIpc) is 2.82. The van der Waals surface area contributed by atoms with Crippen LogP contribution in [0.25, 0.3) is 0 Å². The van der Waals surface area contributed by atoms with Gasteiger partial charge in [-0.1, -0.05) is 49.4 Å². The molecule has 0 radical (unpaired) electrons. The predicted octanol–water partition coefficient (Wildman–Crippen LogP) is 6.22. The molecule has 0 aromatic heterocycles. The van der Waals surface area contributed by atoms with Crippen molar-refractivity contribution in [2.24, 2.45) is 11.8 Å². The Morgan fingerprint density at radius 1 is 1.03 bits per heavy atom. The fourth-order valence-corrected chi connectivity index (χ4v) is 5.99. The fraction of sp³-hybridized carbons (Fsp3) is 0.467. The van der Waals surface area contributed by atoms with Crippen molar-refractivity contribution in [3.63, 3.8) is 0 Å². The number of rotatable bonds is 7. The monoisotopic (exact) mass is 459 g/mol. The Morgan fingerprint density at radius 2 is 1.79 bits per heavy atom. The molecule has 0 N–H and O–H groups in total. The number of hydrogen-bond acceptors (Lipinski definition) is 4. The lowest BCUT2D eigenvalue weighted by molar-refractivity contribution is -0.00300. The van der Waals surface area contributed by atoms with E-state index in [0.29, 0.717) is 17.9 Å². The predicted molar refractivity (Wildman–Crippen MR) is 137 cm³/mol. The Labute approximate surface area is 204 Å². The molecule has 0 spiro atoms. The number of hydrogen-bond donors (Lipinski definition) is 0. The summed E-state index contributed by atoms with van der Waals surface area (Å²) >= 11 is 0. The third kappa shape index (κ3) is 4.48. The number of allylic oxidation sites excluding steroid dienone is 4. The third-order valence-electron chi connectivity index (χ3n) is 7.57. The van der Waals surface area contributed by atoms with Crippen LogP contribution in [0.15, 0.2) is 66.8 Å². The van der Waals surface area contributed by atoms with E-state index in [1.165, 1.54) is 17.5 Å². The average molecular weight is 460 g/mol. The first-order chi connectivity index (χ1) is 16.5. The summed E-state index contributed by atoms with van der Waals surface area (Å²) in [6.07, 6.45) is 11.5. The number of fused-ring (bicyclic) bond motifs is 1. The number of ether oxygens (including phenoxy) is 3. The summed E-state index contributed by atoms with van der Waals surface area (Å²) in [5, 5.41) is 0. The largest absolute Gasteiger partial charge is 0.497 e. The van der Waals surface area contributed by atoms with Gasteiger partial charge in [-0.2, -0.15) is 0 Å². The van der Waals surface area contributed by atoms with Gasteiger partial charge in [-0.15, -0.1) is 0 Å². The van der Waals surface area contributed by atoms with E-state index in [2.05, 4.69) is 86.4 Å². The van der Waals surface area contributed by atoms with Gasteiger partial charge in [-0.25, -0.2) is 0 Å². The fourth-order valence-electron chi connectivity index (χ4n) is 5.99. The van der Waals surface area contributed by atoms with Crippen LogP contribution in [0.4, 0.5) is 0 Å². The Kier molecular flexibility index (Phi) is 6.44. The molecule has 1 fully saturated rings. The molecule has 2 aromatic rings. The molecule has 4 nitrogen and oxygen atoms in total. The zero-order chi connectivity index (χ0) is 23.7. The lowest BCUT2D eigenvalue weighted by atomic mass is 9.64. The zero-order valence-electron chi connectivity index (χ0n) is 20.9. The van der Waals surface area contributed by atoms with E-state index in [1.54, 1.807) is 7.11 Å². The van der Waals surface area contributed by atoms with Gasteiger partial charge in [0.15, 0.2) is 0 Å². The van der Waals surface area contributed by atoms with Crippen molar-refractivity contribution in [3.8, 4) is 17.2 Å². The number of methoxy groups -OCH3 is 1. The second-order valence-electron chi connectivity index (χ2n) is 10.4. The molecule has 1 aliphatic carbocycles. The molecule has 0 amide bonds. The van der Waals surface area contributed by atoms with Gasteiger partial charge in [0.1, 0.15) is 29.0 Å². The van der Waals surface area contributed by atoms with E-state index in [-0.39, 0.29) is 11.5 Å². The molecule has 1 unspecified atom stereocenters. The molecule has 34 heavy (non-hydrogen) atoms. The second-order valence-corrected chi connectivity index (χ2v) is 10.4. The molecular formula is C30H37NO3. The number of nitrogens with zero attached hydrogens (tertiary/aromatic N) is 1. The SMILES string of the molecule is CCCN1CC(Oc2ccc([C@@H]3c4ccc(OC)cc4OC(C)(C)[C@H]3C3C=CC=CC3)cc2)C1. The van der Waals surface area contributed by atoms with Crippen molar-refractivity contribution in [2.75, 3.05) is 26.7 Å². The van der Waals surface area contributed by atoms with Gasteiger partial charge < -0.3 is 14.2 Å². The smallest absolute Gasteiger partial charge is 0.127 e. The highest BCUT2D eigenvalue weighted by Gasteiger charge is 2.47. The van der Waals surface area contributed by atoms with Crippen LogP contribution in [-0.2, 0) is 0 Å². The minimum atomic E-state index is -0.325. The van der Waals surface area contributed by atoms with Crippen LogP contribution in [0.3, 0.4) is 0 Å². The Morgan fingerprint density at radius 3 is 2.47 bits per heavy atom. The summed E-state index contributed by atoms with van der Waals surface area (Å²) in [7, 11) is 1.71. The van der Waals surface area contributed by atoms with Gasteiger partial charge in [0, 0.05) is 36.6 Å². The van der Waals surface area contributed by atoms with Crippen LogP contribution >= 0.6 is 0 Å². The van der Waals surface area contributed by atoms with Gasteiger partial charge in [-0.3, -0.25) is 4.90 Å². The molecule has 1 saturated heterocycles. The minimum absolute atomic E-state index is 0.226. The van der Waals surface area contributed by atoms with Crippen LogP contribution in [-0.4, -0.2) is 43.3 Å². The minimum Gasteiger partial charge on any atom is -0.497 e. The highest BCUT2D eigenvalue weighted by molar-refractivity contribution is 5.50. The molecule has 2 heterocycles. The Bertz CT molecular complexity index is 1050. The standard InChI is InChI=1S/C30H37NO3/c1-5-17-31-19-25(20-31)33-23-13-11-21(12-14-23)28-26-16-15-24(32-4)18-27(26)34-30(2,3)29(28)22-9-7-6-8-10-22/h6-9,11-16,18,22,25,28-29H,5,10,17,19-20H2,1-4H3/t22?,28-,29+/m1/s1. The molecule has 4 heteroatoms. The molecule has 0 saturated carbocycles. The number of likely N-dealkylation sites (tertiary alicyclic amines) is 1. The first-order valence-electron chi connectivity index (χ1n) is 12.7. The van der Waals surface area contributed by atoms with Crippen molar-refractivity contribution in [1.82, 2.24) is 4.90 Å². The summed E-state index contributed by atoms with van der Waals surface area (Å²) in [5.74, 6) is 3.65. The topological polar surface area (TPSA) is 30.9 Å². The third-order valence-corrected chi connectivity index (χ3v) is 7.57. The van der Waals surface area contributed by atoms with Crippen molar-refractivity contribution in [3.05, 3.63) is 77.9 Å². The second kappa shape index (κ2) is 9.50. The normalized spacial score (nSPS) is 25.8. The van der Waals surface area contributed by atoms with Crippen LogP contribution in [0.1, 0.15) is 50.7 Å². The van der Waals surface area contributed by atoms with Crippen LogP contribution < -0.4 is 14.2 Å². The van der Waals surface area contributed by atoms with Crippen molar-refractivity contribution in [1.29, 1.82) is 0 Å². The maximum absolute atomic E-state index is 6.64. The first-order valence-corrected chi connectivity index (χ1v) is 12.7. The quantitative estimate of drug-likeness (QED) is 0.492. The van der Waals surface area contributed by atoms with Gasteiger partial charge in [-0.05, 0) is 62.9 Å². The van der Waals surface area contributed by atoms with Gasteiger partial charge >= 0.3 is 0 Å². The van der Waals surface area contributed by atoms with Crippen molar-refractivity contribution in [2.45, 2.75) is 51.2 Å². The van der Waals surface area contributed by atoms with E-state index < -0.39 is 0 Å². The number of benzene rings is 2. The van der Waals surface area contributed by atoms with E-state index in [1.807, 2.05) is 6.07 Å². The lowest BCUT2D eigenvalue weighted by Crippen LogP contribution is -2.53. The highest BCUT2D eigenvalue weighted by atomic mass is 16.5. The molecule has 5 rings (SSSR count). The Balaban J connectivity index is 1.45. The van der Waals surface area contributed by atoms with Crippen molar-refractivity contribution >= 4 is 0 Å². The molecule has 3 aliphatic rings. The zero-order valence-corrected chi connectivity index (χ0v) is 20.9. The molecule has 2 aromatic carbocycles. The van der Waals surface area contributed by atoms with Crippen LogP contribution in [0.5, 0.6) is 17.2 Å². The highest BCUT2D eigenvalue weighted by Crippen LogP contribution is 2.53. The summed E-state index contributed by atoms with van der Waals surface area (Å²) in [6, 6.07) is 15.1. The molecular weight excluding hydrogens is 422 g/mol. The summed E-state index contributed by atoms with van der Waals surface area (Å²) in [5.41, 5.74) is 2.22. The molecule has 0 bridgehead atoms. The van der Waals surface area contributed by atoms with Crippen LogP contribution in [0.2, 0.25) is 0 Å². The van der Waals surface area contributed by atoms with Gasteiger partial charge in [0.25, 0.3) is 0 Å². The summed E-state index contributed by atoms with van der Waals surface area (Å²) in [4.78, 5) is 2.45. The first kappa shape index (κ1) is 23.0. The lowest BCUT2D eigenvalue weighted by Gasteiger charge is -2.48. The maximum Gasteiger partial charge on any atom is 0.127 e. The molecule has 180 valence electrons. The van der Waals surface area contributed by atoms with E-state index in [0.717, 1.165) is 43.3 Å². The van der Waals surface area contributed by atoms with Gasteiger partial charge in [0.2, 0.25) is 0 Å². The Hall–Kier alpha value is -2.72. The molecule has 2 aliphatic heterocycles. The van der Waals surface area contributed by atoms with Gasteiger partial charge in [0.05, 0.1) is 7.11 Å². The van der Waals surface area contributed by atoms with Crippen LogP contribution in [0, 0.1) is 11.8 Å². The van der Waals surface area contributed by atoms with E-state index >= 15 is 0 Å². The summed E-state index contributed by atoms with van der Waals surface area (Å²) < 4.78 is 18.4. The van der Waals surface area contributed by atoms with Crippen molar-refractivity contribution < 1.29 is 14.2 Å². The maximum atomic E-state index is 6.64. The summed E-state index contributed by atoms with van der Waals surface area (Å²) in [6.45, 7) is 9.91.